The van der Waals surface area contributed by atoms with Crippen molar-refractivity contribution in [2.75, 3.05) is 0 Å². The van der Waals surface area contributed by atoms with Gasteiger partial charge in [0, 0.05) is 32.8 Å². The van der Waals surface area contributed by atoms with E-state index in [1.807, 2.05) is 17.8 Å². The van der Waals surface area contributed by atoms with Gasteiger partial charge in [-0.1, -0.05) is 0 Å². The molecule has 0 aliphatic carbocycles. The molecule has 4 heteroatoms. The maximum absolute atomic E-state index is 6.89. The molecular weight excluding hydrogens is 366 g/mol. The molecule has 0 aliphatic heterocycles. The first kappa shape index (κ1) is 11.6. The Labute approximate surface area is 102 Å². The van der Waals surface area contributed by atoms with Crippen LogP contribution in [0.1, 0.15) is 0 Å². The van der Waals surface area contributed by atoms with Gasteiger partial charge in [-0.05, 0) is 6.20 Å². The molecule has 2 rings (SSSR count). The molecule has 1 heterocycles. The number of imidazole rings is 1. The van der Waals surface area contributed by atoms with Crippen LogP contribution in [0.15, 0.2) is 30.7 Å². The summed E-state index contributed by atoms with van der Waals surface area (Å²) >= 11 is 0. The Hall–Kier alpha value is -1.43. The molecule has 1 aromatic carbocycles. The van der Waals surface area contributed by atoms with Gasteiger partial charge >= 0.3 is 0 Å². The zero-order chi connectivity index (χ0) is 9.97. The molecule has 0 aliphatic rings. The average Bonchev–Trinajstić information content (AvgIpc) is 2.65. The van der Waals surface area contributed by atoms with Crippen LogP contribution < -0.4 is 0 Å². The maximum Gasteiger partial charge on any atom is 0.108 e. The van der Waals surface area contributed by atoms with Crippen LogP contribution in [0.2, 0.25) is 0 Å². The van der Waals surface area contributed by atoms with Gasteiger partial charge in [-0.3, -0.25) is 9.83 Å². The van der Waals surface area contributed by atoms with Crippen LogP contribution in [0.3, 0.4) is 0 Å². The summed E-state index contributed by atoms with van der Waals surface area (Å²) in [5, 5.41) is 0. The van der Waals surface area contributed by atoms with Crippen LogP contribution in [-0.4, -0.2) is 9.55 Å². The summed E-state index contributed by atoms with van der Waals surface area (Å²) < 4.78 is 1.87. The van der Waals surface area contributed by atoms with Crippen LogP contribution in [0, 0.1) is 12.6 Å². The Morgan fingerprint density at radius 1 is 1.53 bits per heavy atom. The van der Waals surface area contributed by atoms with Crippen molar-refractivity contribution in [1.29, 1.82) is 0 Å². The van der Waals surface area contributed by atoms with E-state index < -0.39 is 0 Å². The van der Waals surface area contributed by atoms with Crippen LogP contribution in [0.5, 0.6) is 0 Å². The van der Waals surface area contributed by atoms with E-state index in [1.165, 1.54) is 0 Å². The van der Waals surface area contributed by atoms with Gasteiger partial charge in [0.05, 0.1) is 12.9 Å². The molecule has 0 fully saturated rings. The summed E-state index contributed by atoms with van der Waals surface area (Å²) in [6.45, 7) is 6.89. The third-order valence-corrected chi connectivity index (χ3v) is 1.90. The quantitative estimate of drug-likeness (QED) is 0.703. The van der Waals surface area contributed by atoms with Crippen LogP contribution in [-0.2, 0) is 27.2 Å². The molecule has 0 atom stereocenters. The molecule has 0 unspecified atom stereocenters. The number of nitrogens with zero attached hydrogens (tertiary/aromatic N) is 3. The molecule has 15 heavy (non-hydrogen) atoms. The van der Waals surface area contributed by atoms with Crippen LogP contribution in [0.25, 0.3) is 16.1 Å². The fourth-order valence-electron chi connectivity index (χ4n) is 1.22. The predicted octanol–water partition coefficient (Wildman–Crippen LogP) is 2.44. The van der Waals surface area contributed by atoms with Gasteiger partial charge in [0.25, 0.3) is 0 Å². The summed E-state index contributed by atoms with van der Waals surface area (Å²) in [6, 6.07) is 8.32. The number of aryl methyl sites for hydroxylation is 1. The summed E-state index contributed by atoms with van der Waals surface area (Å²) in [5.74, 6) is 0. The van der Waals surface area contributed by atoms with E-state index in [-0.39, 0.29) is 20.1 Å². The Balaban J connectivity index is 0.00000112. The van der Waals surface area contributed by atoms with Gasteiger partial charge in [-0.2, -0.15) is 6.07 Å². The van der Waals surface area contributed by atoms with Crippen molar-refractivity contribution in [2.24, 2.45) is 7.05 Å². The SMILES string of the molecule is [C-]#[N+]c1cc[c-]c(-c2cn(C)cn2)c1.[Ir]. The summed E-state index contributed by atoms with van der Waals surface area (Å²) in [6.07, 6.45) is 3.63. The maximum atomic E-state index is 6.89. The first-order valence-corrected chi connectivity index (χ1v) is 4.17. The fourth-order valence-corrected chi connectivity index (χ4v) is 1.22. The van der Waals surface area contributed by atoms with Crippen LogP contribution >= 0.6 is 0 Å². The van der Waals surface area contributed by atoms with E-state index in [1.54, 1.807) is 24.5 Å². The minimum Gasteiger partial charge on any atom is -0.350 e. The molecule has 0 spiro atoms. The molecule has 77 valence electrons. The van der Waals surface area contributed by atoms with Gasteiger partial charge in [0.2, 0.25) is 0 Å². The summed E-state index contributed by atoms with van der Waals surface area (Å²) in [7, 11) is 1.91. The zero-order valence-electron chi connectivity index (χ0n) is 8.06. The molecule has 0 amide bonds. The second kappa shape index (κ2) is 4.88. The van der Waals surface area contributed by atoms with Crippen molar-refractivity contribution >= 4 is 5.69 Å². The van der Waals surface area contributed by atoms with E-state index >= 15 is 0 Å². The van der Waals surface area contributed by atoms with Crippen molar-refractivity contribution in [3.05, 3.63) is 48.2 Å². The number of aromatic nitrogens is 2. The van der Waals surface area contributed by atoms with E-state index in [2.05, 4.69) is 15.9 Å². The number of hydrogen-bond acceptors (Lipinski definition) is 1. The summed E-state index contributed by atoms with van der Waals surface area (Å²) in [4.78, 5) is 7.55. The largest absolute Gasteiger partial charge is 0.350 e. The topological polar surface area (TPSA) is 22.2 Å². The molecule has 1 aromatic heterocycles. The Morgan fingerprint density at radius 3 is 2.93 bits per heavy atom. The number of hydrogen-bond donors (Lipinski definition) is 0. The van der Waals surface area contributed by atoms with Crippen molar-refractivity contribution < 1.29 is 20.1 Å². The molecule has 2 aromatic rings. The fraction of sp³-hybridized carbons (Fsp3) is 0.0909. The average molecular weight is 374 g/mol. The van der Waals surface area contributed by atoms with Crippen molar-refractivity contribution in [2.45, 2.75) is 0 Å². The first-order valence-electron chi connectivity index (χ1n) is 4.17. The molecule has 0 N–H and O–H groups in total. The minimum absolute atomic E-state index is 0. The second-order valence-electron chi connectivity index (χ2n) is 3.00. The monoisotopic (exact) mass is 375 g/mol. The molecule has 0 saturated carbocycles. The van der Waals surface area contributed by atoms with E-state index in [0.717, 1.165) is 11.3 Å². The number of benzene rings is 1. The predicted molar refractivity (Wildman–Crippen MR) is 53.7 cm³/mol. The molecule has 0 saturated heterocycles. The van der Waals surface area contributed by atoms with Gasteiger partial charge < -0.3 is 4.57 Å². The zero-order valence-corrected chi connectivity index (χ0v) is 10.5. The van der Waals surface area contributed by atoms with Crippen molar-refractivity contribution in [1.82, 2.24) is 9.55 Å². The van der Waals surface area contributed by atoms with Gasteiger partial charge in [-0.25, -0.2) is 0 Å². The van der Waals surface area contributed by atoms with E-state index in [0.29, 0.717) is 5.69 Å². The molecule has 0 bridgehead atoms. The van der Waals surface area contributed by atoms with Gasteiger partial charge in [0.1, 0.15) is 5.69 Å². The molecule has 1 radical (unpaired) electrons. The third kappa shape index (κ3) is 2.53. The standard InChI is InChI=1S/C11H8N3.Ir/c1-12-10-5-3-4-9(6-10)11-7-14(2)8-13-11;/h3,5-8H,2H3;/q-1;. The van der Waals surface area contributed by atoms with Gasteiger partial charge in [0.15, 0.2) is 0 Å². The smallest absolute Gasteiger partial charge is 0.108 e. The number of rotatable bonds is 1. The third-order valence-electron chi connectivity index (χ3n) is 1.90. The Kier molecular flexibility index (Phi) is 3.79. The van der Waals surface area contributed by atoms with E-state index in [4.69, 9.17) is 6.57 Å². The minimum atomic E-state index is 0. The van der Waals surface area contributed by atoms with E-state index in [9.17, 15) is 0 Å². The summed E-state index contributed by atoms with van der Waals surface area (Å²) in [5.41, 5.74) is 2.32. The van der Waals surface area contributed by atoms with Crippen molar-refractivity contribution in [3.63, 3.8) is 0 Å². The normalized spacial score (nSPS) is 9.07. The van der Waals surface area contributed by atoms with Crippen molar-refractivity contribution in [3.8, 4) is 11.3 Å². The second-order valence-corrected chi connectivity index (χ2v) is 3.00. The van der Waals surface area contributed by atoms with Crippen LogP contribution in [0.4, 0.5) is 5.69 Å². The molecule has 3 nitrogen and oxygen atoms in total. The van der Waals surface area contributed by atoms with Gasteiger partial charge in [-0.15, -0.1) is 23.8 Å². The Bertz CT molecular complexity index is 497. The first-order chi connectivity index (χ1) is 6.79. The molecular formula is C11H8IrN3-. The Morgan fingerprint density at radius 2 is 2.33 bits per heavy atom.